The molecule has 0 unspecified atom stereocenters. The summed E-state index contributed by atoms with van der Waals surface area (Å²) < 4.78 is 28.5. The zero-order valence-electron chi connectivity index (χ0n) is 16.2. The average Bonchev–Trinajstić information content (AvgIpc) is 2.63. The van der Waals surface area contributed by atoms with E-state index < -0.39 is 10.0 Å². The van der Waals surface area contributed by atoms with E-state index in [0.29, 0.717) is 25.7 Å². The predicted molar refractivity (Wildman–Crippen MR) is 109 cm³/mol. The van der Waals surface area contributed by atoms with Crippen LogP contribution in [0.25, 0.3) is 0 Å². The van der Waals surface area contributed by atoms with Gasteiger partial charge in [0, 0.05) is 17.3 Å². The molecule has 1 aromatic heterocycles. The second-order valence-corrected chi connectivity index (χ2v) is 9.14. The van der Waals surface area contributed by atoms with Crippen LogP contribution >= 0.6 is 0 Å². The van der Waals surface area contributed by atoms with Crippen LogP contribution in [0, 0.1) is 0 Å². The summed E-state index contributed by atoms with van der Waals surface area (Å²) in [4.78, 5) is 13.1. The number of aromatic nitrogens is 1. The summed E-state index contributed by atoms with van der Waals surface area (Å²) in [7, 11) is -3.36. The highest BCUT2D eigenvalue weighted by Crippen LogP contribution is 2.28. The summed E-state index contributed by atoms with van der Waals surface area (Å²) in [5, 5.41) is 0. The Labute approximate surface area is 161 Å². The van der Waals surface area contributed by atoms with Crippen LogP contribution in [-0.2, 0) is 35.7 Å². The van der Waals surface area contributed by atoms with Gasteiger partial charge in [-0.25, -0.2) is 13.1 Å². The maximum absolute atomic E-state index is 13.1. The van der Waals surface area contributed by atoms with Gasteiger partial charge in [-0.2, -0.15) is 0 Å². The molecule has 0 amide bonds. The highest BCUT2D eigenvalue weighted by Gasteiger charge is 2.32. The Kier molecular flexibility index (Phi) is 5.86. The molecule has 0 fully saturated rings. The summed E-state index contributed by atoms with van der Waals surface area (Å²) in [6, 6.07) is 11.7. The monoisotopic (exact) mass is 388 g/mol. The summed E-state index contributed by atoms with van der Waals surface area (Å²) in [5.41, 5.74) is 4.13. The molecule has 2 atom stereocenters. The second-order valence-electron chi connectivity index (χ2n) is 7.36. The van der Waals surface area contributed by atoms with Gasteiger partial charge in [0.2, 0.25) is 10.0 Å². The van der Waals surface area contributed by atoms with Gasteiger partial charge in [-0.1, -0.05) is 44.2 Å². The number of hydrogen-bond acceptors (Lipinski definition) is 3. The molecule has 2 aromatic rings. The van der Waals surface area contributed by atoms with Crippen molar-refractivity contribution in [3.63, 3.8) is 0 Å². The lowest BCUT2D eigenvalue weighted by Crippen LogP contribution is -2.48. The fourth-order valence-electron chi connectivity index (χ4n) is 4.01. The third-order valence-electron chi connectivity index (χ3n) is 5.38. The standard InChI is InChI=1S/C21H28N2O3S/c1-4-15-7-6-8-16(13-15)14-20-19(22-27(3,25)26)12-11-18-10-9-17(5-2)21(24)23(18)20/h6-10,13,19-20,22H,4-5,11-12,14H2,1-3H3/t19-,20-/m0/s1. The Morgan fingerprint density at radius 3 is 2.52 bits per heavy atom. The number of hydrogen-bond donors (Lipinski definition) is 1. The molecule has 5 nitrogen and oxygen atoms in total. The SMILES string of the molecule is CCc1cccc(C[C@H]2[C@@H](NS(C)(=O)=O)CCc3ccc(CC)c(=O)n32)c1. The Balaban J connectivity index is 2.07. The number of sulfonamides is 1. The molecule has 0 saturated heterocycles. The largest absolute Gasteiger partial charge is 0.307 e. The molecule has 0 aliphatic carbocycles. The fraction of sp³-hybridized carbons (Fsp3) is 0.476. The van der Waals surface area contributed by atoms with Crippen molar-refractivity contribution in [1.82, 2.24) is 9.29 Å². The first-order valence-electron chi connectivity index (χ1n) is 9.60. The molecule has 3 rings (SSSR count). The molecule has 6 heteroatoms. The first-order chi connectivity index (χ1) is 12.8. The van der Waals surface area contributed by atoms with Gasteiger partial charge in [-0.3, -0.25) is 4.79 Å². The van der Waals surface area contributed by atoms with Crippen LogP contribution in [0.1, 0.15) is 48.7 Å². The third-order valence-corrected chi connectivity index (χ3v) is 6.11. The van der Waals surface area contributed by atoms with Gasteiger partial charge in [0.25, 0.3) is 5.56 Å². The molecule has 1 aliphatic rings. The topological polar surface area (TPSA) is 68.2 Å². The minimum absolute atomic E-state index is 0.00615. The smallest absolute Gasteiger partial charge is 0.254 e. The summed E-state index contributed by atoms with van der Waals surface area (Å²) >= 11 is 0. The third kappa shape index (κ3) is 4.50. The number of benzene rings is 1. The number of nitrogens with one attached hydrogen (secondary N) is 1. The maximum Gasteiger partial charge on any atom is 0.254 e. The lowest BCUT2D eigenvalue weighted by atomic mass is 9.90. The second kappa shape index (κ2) is 7.98. The first kappa shape index (κ1) is 19.8. The molecule has 27 heavy (non-hydrogen) atoms. The van der Waals surface area contributed by atoms with E-state index in [1.165, 1.54) is 11.8 Å². The highest BCUT2D eigenvalue weighted by molar-refractivity contribution is 7.88. The van der Waals surface area contributed by atoms with Crippen molar-refractivity contribution in [1.29, 1.82) is 0 Å². The van der Waals surface area contributed by atoms with Gasteiger partial charge < -0.3 is 4.57 Å². The zero-order chi connectivity index (χ0) is 19.6. The molecular formula is C21H28N2O3S. The van der Waals surface area contributed by atoms with Crippen molar-refractivity contribution in [2.75, 3.05) is 6.26 Å². The van der Waals surface area contributed by atoms with Crippen molar-refractivity contribution < 1.29 is 8.42 Å². The van der Waals surface area contributed by atoms with Crippen molar-refractivity contribution in [3.05, 3.63) is 69.1 Å². The van der Waals surface area contributed by atoms with Crippen molar-refractivity contribution in [2.24, 2.45) is 0 Å². The number of aryl methyl sites for hydroxylation is 3. The van der Waals surface area contributed by atoms with E-state index in [9.17, 15) is 13.2 Å². The summed E-state index contributed by atoms with van der Waals surface area (Å²) in [6.45, 7) is 4.08. The van der Waals surface area contributed by atoms with E-state index in [1.54, 1.807) is 0 Å². The number of pyridine rings is 1. The average molecular weight is 389 g/mol. The summed E-state index contributed by atoms with van der Waals surface area (Å²) in [6.07, 6.45) is 4.80. The van der Waals surface area contributed by atoms with Gasteiger partial charge in [-0.05, 0) is 49.3 Å². The molecule has 0 saturated carbocycles. The van der Waals surface area contributed by atoms with E-state index in [4.69, 9.17) is 0 Å². The van der Waals surface area contributed by atoms with Crippen LogP contribution in [-0.4, -0.2) is 25.3 Å². The van der Waals surface area contributed by atoms with Gasteiger partial charge in [0.15, 0.2) is 0 Å². The molecule has 1 aromatic carbocycles. The van der Waals surface area contributed by atoms with Crippen LogP contribution in [0.2, 0.25) is 0 Å². The van der Waals surface area contributed by atoms with E-state index in [1.807, 2.05) is 29.7 Å². The Morgan fingerprint density at radius 2 is 1.85 bits per heavy atom. The Bertz CT molecular complexity index is 979. The number of nitrogens with zero attached hydrogens (tertiary/aromatic N) is 1. The van der Waals surface area contributed by atoms with Crippen LogP contribution in [0.15, 0.2) is 41.2 Å². The van der Waals surface area contributed by atoms with E-state index in [0.717, 1.165) is 23.2 Å². The first-order valence-corrected chi connectivity index (χ1v) is 11.5. The van der Waals surface area contributed by atoms with Crippen molar-refractivity contribution >= 4 is 10.0 Å². The molecular weight excluding hydrogens is 360 g/mol. The molecule has 1 aliphatic heterocycles. The van der Waals surface area contributed by atoms with Gasteiger partial charge in [-0.15, -0.1) is 0 Å². The lowest BCUT2D eigenvalue weighted by molar-refractivity contribution is 0.314. The molecule has 0 radical (unpaired) electrons. The number of rotatable bonds is 6. The van der Waals surface area contributed by atoms with Crippen LogP contribution in [0.5, 0.6) is 0 Å². The minimum atomic E-state index is -3.36. The Hall–Kier alpha value is -1.92. The van der Waals surface area contributed by atoms with Crippen molar-refractivity contribution in [3.8, 4) is 0 Å². The molecule has 0 spiro atoms. The van der Waals surface area contributed by atoms with Crippen LogP contribution in [0.3, 0.4) is 0 Å². The maximum atomic E-state index is 13.1. The number of fused-ring (bicyclic) bond motifs is 1. The zero-order valence-corrected chi connectivity index (χ0v) is 17.1. The molecule has 0 bridgehead atoms. The van der Waals surface area contributed by atoms with Crippen LogP contribution in [0.4, 0.5) is 0 Å². The molecule has 146 valence electrons. The predicted octanol–water partition coefficient (Wildman–Crippen LogP) is 2.62. The fourth-order valence-corrected chi connectivity index (χ4v) is 4.83. The van der Waals surface area contributed by atoms with Gasteiger partial charge >= 0.3 is 0 Å². The van der Waals surface area contributed by atoms with Gasteiger partial charge in [0.1, 0.15) is 0 Å². The van der Waals surface area contributed by atoms with E-state index in [2.05, 4.69) is 29.8 Å². The summed E-state index contributed by atoms with van der Waals surface area (Å²) in [5.74, 6) is 0. The van der Waals surface area contributed by atoms with E-state index in [-0.39, 0.29) is 17.6 Å². The van der Waals surface area contributed by atoms with Gasteiger partial charge in [0.05, 0.1) is 12.3 Å². The van der Waals surface area contributed by atoms with E-state index >= 15 is 0 Å². The Morgan fingerprint density at radius 1 is 1.11 bits per heavy atom. The van der Waals surface area contributed by atoms with Crippen molar-refractivity contribution in [2.45, 2.75) is 58.0 Å². The normalized spacial score (nSPS) is 19.7. The molecule has 1 N–H and O–H groups in total. The van der Waals surface area contributed by atoms with Crippen LogP contribution < -0.4 is 10.3 Å². The minimum Gasteiger partial charge on any atom is -0.307 e. The highest BCUT2D eigenvalue weighted by atomic mass is 32.2. The molecule has 2 heterocycles. The lowest BCUT2D eigenvalue weighted by Gasteiger charge is -2.36. The quantitative estimate of drug-likeness (QED) is 0.827.